The van der Waals surface area contributed by atoms with Crippen molar-refractivity contribution in [2.75, 3.05) is 7.11 Å². The van der Waals surface area contributed by atoms with Crippen molar-refractivity contribution in [1.29, 1.82) is 0 Å². The van der Waals surface area contributed by atoms with Crippen LogP contribution in [-0.2, 0) is 5.54 Å². The molecule has 1 fully saturated rings. The summed E-state index contributed by atoms with van der Waals surface area (Å²) >= 11 is 0. The van der Waals surface area contributed by atoms with Crippen LogP contribution >= 0.6 is 0 Å². The van der Waals surface area contributed by atoms with Gasteiger partial charge < -0.3 is 10.5 Å². The van der Waals surface area contributed by atoms with E-state index in [0.717, 1.165) is 52.2 Å². The monoisotopic (exact) mass is 460 g/mol. The molecule has 174 valence electrons. The van der Waals surface area contributed by atoms with Gasteiger partial charge in [-0.1, -0.05) is 54.6 Å². The summed E-state index contributed by atoms with van der Waals surface area (Å²) in [7, 11) is 1.69. The van der Waals surface area contributed by atoms with E-state index in [1.54, 1.807) is 13.3 Å². The molecule has 1 aliphatic rings. The zero-order valence-electron chi connectivity index (χ0n) is 20.0. The van der Waals surface area contributed by atoms with Gasteiger partial charge in [-0.05, 0) is 66.1 Å². The topological polar surface area (TPSA) is 65.4 Å². The fourth-order valence-electron chi connectivity index (χ4n) is 5.09. The second-order valence-corrected chi connectivity index (χ2v) is 9.43. The molecule has 2 N–H and O–H groups in total. The van der Waals surface area contributed by atoms with E-state index in [0.29, 0.717) is 0 Å². The smallest absolute Gasteiger partial charge is 0.155 e. The second-order valence-electron chi connectivity index (χ2n) is 9.43. The number of aromatic nitrogens is 3. The molecule has 0 bridgehead atoms. The van der Waals surface area contributed by atoms with Crippen molar-refractivity contribution in [3.05, 3.63) is 96.3 Å². The van der Waals surface area contributed by atoms with Crippen molar-refractivity contribution in [3.8, 4) is 39.3 Å². The fourth-order valence-corrected chi connectivity index (χ4v) is 5.09. The number of benzene rings is 3. The van der Waals surface area contributed by atoms with Gasteiger partial charge in [0.1, 0.15) is 5.75 Å². The van der Waals surface area contributed by atoms with Crippen LogP contribution in [0.2, 0.25) is 0 Å². The maximum Gasteiger partial charge on any atom is 0.155 e. The molecule has 5 heteroatoms. The third-order valence-electron chi connectivity index (χ3n) is 7.39. The Bertz CT molecular complexity index is 1510. The van der Waals surface area contributed by atoms with Crippen molar-refractivity contribution in [2.45, 2.75) is 31.7 Å². The van der Waals surface area contributed by atoms with Crippen LogP contribution in [0.4, 0.5) is 0 Å². The fraction of sp³-hybridized carbons (Fsp3) is 0.200. The summed E-state index contributed by atoms with van der Waals surface area (Å²) in [6.45, 7) is 2.17. The third kappa shape index (κ3) is 3.69. The van der Waals surface area contributed by atoms with Crippen molar-refractivity contribution in [3.63, 3.8) is 0 Å². The molecular formula is C30H28N4O. The lowest BCUT2D eigenvalue weighted by Crippen LogP contribution is -2.43. The molecule has 1 aliphatic carbocycles. The predicted octanol–water partition coefficient (Wildman–Crippen LogP) is 6.39. The molecule has 0 unspecified atom stereocenters. The molecule has 0 amide bonds. The number of nitrogens with zero attached hydrogens (tertiary/aromatic N) is 3. The standard InChI is InChI=1S/C30H28N4O/c1-20-25(21-9-13-24(35-2)14-10-21)5-3-6-26(20)27-19-34-28(15-18-32-34)33-29(27)22-7-11-23(12-8-22)30(31)16-4-17-30/h3,5-15,18-19H,4,16-17,31H2,1-2H3. The molecule has 0 spiro atoms. The number of rotatable bonds is 5. The van der Waals surface area contributed by atoms with Crippen LogP contribution in [0.25, 0.3) is 39.2 Å². The Labute approximate surface area is 205 Å². The van der Waals surface area contributed by atoms with Crippen molar-refractivity contribution < 1.29 is 4.74 Å². The van der Waals surface area contributed by atoms with Gasteiger partial charge in [0.2, 0.25) is 0 Å². The molecule has 2 heterocycles. The highest BCUT2D eigenvalue weighted by molar-refractivity contribution is 5.86. The first kappa shape index (κ1) is 21.6. The molecule has 0 saturated heterocycles. The summed E-state index contributed by atoms with van der Waals surface area (Å²) in [5.74, 6) is 0.850. The molecule has 0 aliphatic heterocycles. The highest BCUT2D eigenvalue weighted by atomic mass is 16.5. The largest absolute Gasteiger partial charge is 0.497 e. The number of methoxy groups -OCH3 is 1. The molecule has 0 atom stereocenters. The highest BCUT2D eigenvalue weighted by Crippen LogP contribution is 2.41. The van der Waals surface area contributed by atoms with Gasteiger partial charge in [-0.25, -0.2) is 9.50 Å². The van der Waals surface area contributed by atoms with Gasteiger partial charge in [-0.3, -0.25) is 0 Å². The number of nitrogens with two attached hydrogens (primary N) is 1. The van der Waals surface area contributed by atoms with E-state index < -0.39 is 0 Å². The first-order chi connectivity index (χ1) is 17.1. The second kappa shape index (κ2) is 8.36. The lowest BCUT2D eigenvalue weighted by molar-refractivity contribution is 0.253. The van der Waals surface area contributed by atoms with Crippen LogP contribution in [0.1, 0.15) is 30.4 Å². The van der Waals surface area contributed by atoms with Crippen molar-refractivity contribution >= 4 is 5.65 Å². The van der Waals surface area contributed by atoms with E-state index >= 15 is 0 Å². The molecule has 0 radical (unpaired) electrons. The van der Waals surface area contributed by atoms with Gasteiger partial charge in [0.25, 0.3) is 0 Å². The van der Waals surface area contributed by atoms with Crippen LogP contribution in [0.3, 0.4) is 0 Å². The summed E-state index contributed by atoms with van der Waals surface area (Å²) < 4.78 is 7.18. The minimum atomic E-state index is -0.173. The quantitative estimate of drug-likeness (QED) is 0.330. The van der Waals surface area contributed by atoms with Crippen molar-refractivity contribution in [1.82, 2.24) is 14.6 Å². The zero-order chi connectivity index (χ0) is 24.0. The molecule has 35 heavy (non-hydrogen) atoms. The molecule has 1 saturated carbocycles. The molecule has 2 aromatic heterocycles. The Morgan fingerprint density at radius 3 is 2.26 bits per heavy atom. The summed E-state index contributed by atoms with van der Waals surface area (Å²) in [6, 6.07) is 25.2. The average molecular weight is 461 g/mol. The Morgan fingerprint density at radius 2 is 1.57 bits per heavy atom. The number of hydrogen-bond acceptors (Lipinski definition) is 4. The lowest BCUT2D eigenvalue weighted by Gasteiger charge is -2.38. The van der Waals surface area contributed by atoms with Crippen LogP contribution in [0.15, 0.2) is 85.2 Å². The molecule has 6 rings (SSSR count). The summed E-state index contributed by atoms with van der Waals surface area (Å²) in [5.41, 5.74) is 16.2. The van der Waals surface area contributed by atoms with Crippen LogP contribution in [-0.4, -0.2) is 21.7 Å². The SMILES string of the molecule is COc1ccc(-c2cccc(-c3cn4nccc4nc3-c3ccc(C4(N)CCC4)cc3)c2C)cc1. The number of ether oxygens (including phenoxy) is 1. The predicted molar refractivity (Wildman–Crippen MR) is 140 cm³/mol. The Balaban J connectivity index is 1.49. The summed E-state index contributed by atoms with van der Waals surface area (Å²) in [5, 5.41) is 4.46. The van der Waals surface area contributed by atoms with Gasteiger partial charge in [0.05, 0.1) is 19.0 Å². The molecule has 5 nitrogen and oxygen atoms in total. The van der Waals surface area contributed by atoms with Crippen LogP contribution in [0, 0.1) is 6.92 Å². The first-order valence-electron chi connectivity index (χ1n) is 12.0. The zero-order valence-corrected chi connectivity index (χ0v) is 20.0. The van der Waals surface area contributed by atoms with Gasteiger partial charge in [-0.2, -0.15) is 5.10 Å². The average Bonchev–Trinajstić information content (AvgIpc) is 3.35. The van der Waals surface area contributed by atoms with E-state index in [1.165, 1.54) is 23.1 Å². The number of hydrogen-bond donors (Lipinski definition) is 1. The van der Waals surface area contributed by atoms with Crippen LogP contribution < -0.4 is 10.5 Å². The van der Waals surface area contributed by atoms with Gasteiger partial charge in [0, 0.05) is 28.9 Å². The Morgan fingerprint density at radius 1 is 0.857 bits per heavy atom. The maximum atomic E-state index is 6.57. The van der Waals surface area contributed by atoms with Gasteiger partial charge in [-0.15, -0.1) is 0 Å². The Hall–Kier alpha value is -3.96. The molecule has 5 aromatic rings. The number of fused-ring (bicyclic) bond motifs is 1. The maximum absolute atomic E-state index is 6.57. The van der Waals surface area contributed by atoms with E-state index in [4.69, 9.17) is 15.5 Å². The van der Waals surface area contributed by atoms with Crippen LogP contribution in [0.5, 0.6) is 5.75 Å². The minimum absolute atomic E-state index is 0.173. The minimum Gasteiger partial charge on any atom is -0.497 e. The van der Waals surface area contributed by atoms with Gasteiger partial charge in [0.15, 0.2) is 5.65 Å². The first-order valence-corrected chi connectivity index (χ1v) is 12.0. The lowest BCUT2D eigenvalue weighted by atomic mass is 9.72. The third-order valence-corrected chi connectivity index (χ3v) is 7.39. The van der Waals surface area contributed by atoms with E-state index in [2.05, 4.69) is 72.8 Å². The molecule has 3 aromatic carbocycles. The summed E-state index contributed by atoms with van der Waals surface area (Å²) in [4.78, 5) is 5.03. The summed E-state index contributed by atoms with van der Waals surface area (Å²) in [6.07, 6.45) is 7.17. The molecular weight excluding hydrogens is 432 g/mol. The Kier molecular flexibility index (Phi) is 5.15. The van der Waals surface area contributed by atoms with E-state index in [9.17, 15) is 0 Å². The van der Waals surface area contributed by atoms with Crippen molar-refractivity contribution in [2.24, 2.45) is 5.73 Å². The highest BCUT2D eigenvalue weighted by Gasteiger charge is 2.34. The van der Waals surface area contributed by atoms with Gasteiger partial charge >= 0.3 is 0 Å². The van der Waals surface area contributed by atoms with E-state index in [-0.39, 0.29) is 5.54 Å². The van der Waals surface area contributed by atoms with E-state index in [1.807, 2.05) is 22.7 Å². The normalized spacial score (nSPS) is 14.6.